The van der Waals surface area contributed by atoms with Crippen molar-refractivity contribution in [2.45, 2.75) is 43.7 Å². The van der Waals surface area contributed by atoms with Crippen LogP contribution < -0.4 is 5.32 Å². The van der Waals surface area contributed by atoms with E-state index in [-0.39, 0.29) is 23.5 Å². The van der Waals surface area contributed by atoms with Crippen LogP contribution in [-0.4, -0.2) is 62.7 Å². The Morgan fingerprint density at radius 3 is 2.37 bits per heavy atom. The lowest BCUT2D eigenvalue weighted by Crippen LogP contribution is -2.47. The van der Waals surface area contributed by atoms with E-state index in [1.54, 1.807) is 30.3 Å². The molecule has 0 saturated carbocycles. The summed E-state index contributed by atoms with van der Waals surface area (Å²) < 4.78 is 32.8. The average Bonchev–Trinajstić information content (AvgIpc) is 2.95. The molecular weight excluding hydrogens is 536 g/mol. The lowest BCUT2D eigenvalue weighted by molar-refractivity contribution is 0.0600. The van der Waals surface area contributed by atoms with Crippen LogP contribution in [0.3, 0.4) is 0 Å². The van der Waals surface area contributed by atoms with E-state index in [1.807, 2.05) is 31.2 Å². The maximum absolute atomic E-state index is 13.4. The van der Waals surface area contributed by atoms with Crippen LogP contribution in [0.25, 0.3) is 21.9 Å². The van der Waals surface area contributed by atoms with Crippen molar-refractivity contribution in [2.75, 3.05) is 27.2 Å². The molecule has 0 saturated heterocycles. The molecule has 0 spiro atoms. The van der Waals surface area contributed by atoms with Crippen LogP contribution in [0.4, 0.5) is 0 Å². The number of carbonyl (C=O) groups is 1. The number of rotatable bonds is 11. The fourth-order valence-corrected chi connectivity index (χ4v) is 6.23. The Morgan fingerprint density at radius 2 is 1.66 bits per heavy atom. The Hall–Kier alpha value is -3.56. The number of esters is 1. The predicted molar refractivity (Wildman–Crippen MR) is 164 cm³/mol. The van der Waals surface area contributed by atoms with Gasteiger partial charge >= 0.3 is 5.97 Å². The van der Waals surface area contributed by atoms with Gasteiger partial charge in [0.25, 0.3) is 0 Å². The van der Waals surface area contributed by atoms with Gasteiger partial charge in [0.1, 0.15) is 0 Å². The molecule has 1 unspecified atom stereocenters. The molecule has 4 aromatic carbocycles. The van der Waals surface area contributed by atoms with Gasteiger partial charge in [-0.15, -0.1) is 0 Å². The van der Waals surface area contributed by atoms with Crippen molar-refractivity contribution in [2.24, 2.45) is 0 Å². The summed E-state index contributed by atoms with van der Waals surface area (Å²) in [6.07, 6.45) is -0.145. The van der Waals surface area contributed by atoms with Crippen molar-refractivity contribution < 1.29 is 23.1 Å². The fourth-order valence-electron chi connectivity index (χ4n) is 4.97. The third-order valence-electron chi connectivity index (χ3n) is 7.25. The van der Waals surface area contributed by atoms with Crippen molar-refractivity contribution in [1.82, 2.24) is 9.62 Å². The molecule has 0 fully saturated rings. The standard InChI is InChI=1S/C33H38N2O5S/c1-23-17-28(15-16-31(23)32(37)40-5)27-11-8-12-30(19-27)41(38,39)35(4)22-29(36)21-34-33(2,3)20-24-13-14-25-9-6-7-10-26(25)18-24/h6-19,29,34,36H,20-22H2,1-5H3. The molecule has 0 radical (unpaired) electrons. The molecule has 0 amide bonds. The molecule has 216 valence electrons. The van der Waals surface area contributed by atoms with E-state index >= 15 is 0 Å². The zero-order valence-corrected chi connectivity index (χ0v) is 25.0. The highest BCUT2D eigenvalue weighted by molar-refractivity contribution is 7.89. The van der Waals surface area contributed by atoms with Gasteiger partial charge in [0, 0.05) is 25.7 Å². The molecule has 0 aliphatic rings. The van der Waals surface area contributed by atoms with E-state index in [4.69, 9.17) is 4.74 Å². The number of nitrogens with one attached hydrogen (secondary N) is 1. The van der Waals surface area contributed by atoms with Crippen molar-refractivity contribution in [3.8, 4) is 11.1 Å². The van der Waals surface area contributed by atoms with Gasteiger partial charge in [0.15, 0.2) is 0 Å². The van der Waals surface area contributed by atoms with Gasteiger partial charge in [-0.05, 0) is 78.4 Å². The number of sulfonamides is 1. The molecule has 0 bridgehead atoms. The minimum Gasteiger partial charge on any atom is -0.465 e. The number of nitrogens with zero attached hydrogens (tertiary/aromatic N) is 1. The van der Waals surface area contributed by atoms with Crippen molar-refractivity contribution in [1.29, 1.82) is 0 Å². The number of carbonyl (C=O) groups excluding carboxylic acids is 1. The Labute approximate surface area is 242 Å². The second kappa shape index (κ2) is 12.5. The molecule has 41 heavy (non-hydrogen) atoms. The first-order valence-corrected chi connectivity index (χ1v) is 15.0. The molecule has 7 nitrogen and oxygen atoms in total. The summed E-state index contributed by atoms with van der Waals surface area (Å²) in [7, 11) is -1.05. The number of fused-ring (bicyclic) bond motifs is 1. The topological polar surface area (TPSA) is 95.9 Å². The molecule has 0 aliphatic heterocycles. The molecule has 8 heteroatoms. The van der Waals surface area contributed by atoms with Gasteiger partial charge < -0.3 is 15.2 Å². The van der Waals surface area contributed by atoms with Gasteiger partial charge in [0.05, 0.1) is 23.7 Å². The first-order valence-electron chi connectivity index (χ1n) is 13.6. The van der Waals surface area contributed by atoms with Gasteiger partial charge in [0.2, 0.25) is 10.0 Å². The smallest absolute Gasteiger partial charge is 0.338 e. The van der Waals surface area contributed by atoms with E-state index in [9.17, 15) is 18.3 Å². The highest BCUT2D eigenvalue weighted by Crippen LogP contribution is 2.26. The first-order chi connectivity index (χ1) is 19.4. The highest BCUT2D eigenvalue weighted by Gasteiger charge is 2.25. The first kappa shape index (κ1) is 30.4. The van der Waals surface area contributed by atoms with Crippen LogP contribution in [-0.2, 0) is 21.2 Å². The van der Waals surface area contributed by atoms with Crippen LogP contribution in [0, 0.1) is 6.92 Å². The molecule has 0 heterocycles. The van der Waals surface area contributed by atoms with Crippen LogP contribution in [0.15, 0.2) is 89.8 Å². The normalized spacial score (nSPS) is 13.0. The fraction of sp³-hybridized carbons (Fsp3) is 0.303. The van der Waals surface area contributed by atoms with Gasteiger partial charge in [-0.1, -0.05) is 66.7 Å². The van der Waals surface area contributed by atoms with Crippen LogP contribution in [0.5, 0.6) is 0 Å². The second-order valence-corrected chi connectivity index (χ2v) is 13.2. The maximum Gasteiger partial charge on any atom is 0.338 e. The zero-order chi connectivity index (χ0) is 29.8. The summed E-state index contributed by atoms with van der Waals surface area (Å²) >= 11 is 0. The number of ether oxygens (including phenoxy) is 1. The lowest BCUT2D eigenvalue weighted by Gasteiger charge is -2.29. The number of aryl methyl sites for hydroxylation is 1. The summed E-state index contributed by atoms with van der Waals surface area (Å²) in [5.41, 5.74) is 3.56. The number of likely N-dealkylation sites (N-methyl/N-ethyl adjacent to an activating group) is 1. The largest absolute Gasteiger partial charge is 0.465 e. The van der Waals surface area contributed by atoms with Crippen LogP contribution >= 0.6 is 0 Å². The quantitative estimate of drug-likeness (QED) is 0.239. The summed E-state index contributed by atoms with van der Waals surface area (Å²) in [5.74, 6) is -0.419. The Bertz CT molecular complexity index is 1650. The SMILES string of the molecule is COC(=O)c1ccc(-c2cccc(S(=O)(=O)N(C)CC(O)CNC(C)(C)Cc3ccc4ccccc4c3)c2)cc1C. The maximum atomic E-state index is 13.4. The molecule has 1 atom stereocenters. The van der Waals surface area contributed by atoms with Crippen molar-refractivity contribution >= 4 is 26.8 Å². The van der Waals surface area contributed by atoms with E-state index < -0.39 is 22.1 Å². The van der Waals surface area contributed by atoms with Crippen molar-refractivity contribution in [3.05, 3.63) is 102 Å². The van der Waals surface area contributed by atoms with E-state index in [1.165, 1.54) is 34.8 Å². The summed E-state index contributed by atoms with van der Waals surface area (Å²) in [4.78, 5) is 12.1. The van der Waals surface area contributed by atoms with E-state index in [0.717, 1.165) is 17.5 Å². The molecule has 4 rings (SSSR count). The Kier molecular flexibility index (Phi) is 9.29. The van der Waals surface area contributed by atoms with Crippen LogP contribution in [0.2, 0.25) is 0 Å². The van der Waals surface area contributed by atoms with Crippen molar-refractivity contribution in [3.63, 3.8) is 0 Å². The van der Waals surface area contributed by atoms with E-state index in [0.29, 0.717) is 11.1 Å². The summed E-state index contributed by atoms with van der Waals surface area (Å²) in [5, 5.41) is 16.5. The molecule has 2 N–H and O–H groups in total. The van der Waals surface area contributed by atoms with Crippen LogP contribution in [0.1, 0.15) is 35.3 Å². The van der Waals surface area contributed by atoms with Gasteiger partial charge in [-0.2, -0.15) is 4.31 Å². The number of methoxy groups -OCH3 is 1. The molecular formula is C33H38N2O5S. The Balaban J connectivity index is 1.39. The number of hydrogen-bond donors (Lipinski definition) is 2. The Morgan fingerprint density at radius 1 is 0.951 bits per heavy atom. The van der Waals surface area contributed by atoms with Gasteiger partial charge in [-0.25, -0.2) is 13.2 Å². The zero-order valence-electron chi connectivity index (χ0n) is 24.2. The third kappa shape index (κ3) is 7.40. The number of aliphatic hydroxyl groups excluding tert-OH is 1. The number of benzene rings is 4. The number of aliphatic hydroxyl groups is 1. The highest BCUT2D eigenvalue weighted by atomic mass is 32.2. The monoisotopic (exact) mass is 574 g/mol. The van der Waals surface area contributed by atoms with Gasteiger partial charge in [-0.3, -0.25) is 0 Å². The minimum absolute atomic E-state index is 0.0570. The summed E-state index contributed by atoms with van der Waals surface area (Å²) in [6.45, 7) is 6.13. The second-order valence-electron chi connectivity index (χ2n) is 11.1. The predicted octanol–water partition coefficient (Wildman–Crippen LogP) is 5.19. The molecule has 0 aromatic heterocycles. The average molecular weight is 575 g/mol. The lowest BCUT2D eigenvalue weighted by atomic mass is 9.93. The molecule has 0 aliphatic carbocycles. The van der Waals surface area contributed by atoms with E-state index in [2.05, 4.69) is 49.5 Å². The third-order valence-corrected chi connectivity index (χ3v) is 9.07. The molecule has 4 aromatic rings. The number of β-amino-alcohol motifs (C(OH)–C–C–N with tert-alkyl or cyclic N) is 1. The summed E-state index contributed by atoms with van der Waals surface area (Å²) in [6, 6.07) is 26.6. The minimum atomic E-state index is -3.85. The number of hydrogen-bond acceptors (Lipinski definition) is 6.